The third-order valence-electron chi connectivity index (χ3n) is 4.09. The number of hydrogen-bond acceptors (Lipinski definition) is 4. The van der Waals surface area contributed by atoms with E-state index in [9.17, 15) is 4.79 Å². The summed E-state index contributed by atoms with van der Waals surface area (Å²) in [5.74, 6) is 0.999. The van der Waals surface area contributed by atoms with Crippen molar-refractivity contribution in [3.05, 3.63) is 42.4 Å². The zero-order valence-electron chi connectivity index (χ0n) is 14.0. The van der Waals surface area contributed by atoms with Gasteiger partial charge in [0.2, 0.25) is 0 Å². The molecule has 0 radical (unpaired) electrons. The molecular weight excluding hydrogens is 304 g/mol. The molecule has 0 saturated carbocycles. The van der Waals surface area contributed by atoms with E-state index in [4.69, 9.17) is 0 Å². The Hall–Kier alpha value is -2.57. The Morgan fingerprint density at radius 1 is 1.33 bits per heavy atom. The van der Waals surface area contributed by atoms with Crippen LogP contribution in [0.4, 0.5) is 10.6 Å². The lowest BCUT2D eigenvalue weighted by Gasteiger charge is -2.17. The molecule has 2 amide bonds. The molecule has 1 aliphatic rings. The topological polar surface area (TPSA) is 75.1 Å². The van der Waals surface area contributed by atoms with E-state index >= 15 is 0 Å². The molecule has 2 aromatic heterocycles. The molecule has 1 unspecified atom stereocenters. The van der Waals surface area contributed by atoms with Crippen molar-refractivity contribution in [2.75, 3.05) is 18.0 Å². The summed E-state index contributed by atoms with van der Waals surface area (Å²) in [5.41, 5.74) is 1.06. The number of hydrogen-bond donors (Lipinski definition) is 2. The zero-order chi connectivity index (χ0) is 16.8. The molecule has 128 valence electrons. The predicted molar refractivity (Wildman–Crippen MR) is 92.7 cm³/mol. The molecule has 3 heterocycles. The smallest absolute Gasteiger partial charge is 0.315 e. The third kappa shape index (κ3) is 4.47. The minimum absolute atomic E-state index is 0.00232. The largest absolute Gasteiger partial charge is 0.357 e. The molecule has 1 fully saturated rings. The lowest BCUT2D eigenvalue weighted by atomic mass is 10.2. The maximum atomic E-state index is 12.0. The van der Waals surface area contributed by atoms with Crippen molar-refractivity contribution in [3.8, 4) is 0 Å². The van der Waals surface area contributed by atoms with Crippen molar-refractivity contribution in [2.45, 2.75) is 38.9 Å². The highest BCUT2D eigenvalue weighted by atomic mass is 16.2. The van der Waals surface area contributed by atoms with Crippen molar-refractivity contribution in [2.24, 2.45) is 0 Å². The number of amides is 2. The minimum atomic E-state index is -0.172. The van der Waals surface area contributed by atoms with E-state index in [1.54, 1.807) is 10.9 Å². The Kier molecular flexibility index (Phi) is 5.30. The van der Waals surface area contributed by atoms with Crippen LogP contribution in [0.2, 0.25) is 0 Å². The van der Waals surface area contributed by atoms with Crippen LogP contribution in [0.3, 0.4) is 0 Å². The van der Waals surface area contributed by atoms with Crippen molar-refractivity contribution in [1.29, 1.82) is 0 Å². The highest BCUT2D eigenvalue weighted by Crippen LogP contribution is 2.18. The number of nitrogens with zero attached hydrogens (tertiary/aromatic N) is 4. The fraction of sp³-hybridized carbons (Fsp3) is 0.471. The summed E-state index contributed by atoms with van der Waals surface area (Å²) in [6.07, 6.45) is 7.87. The van der Waals surface area contributed by atoms with E-state index in [-0.39, 0.29) is 12.1 Å². The molecule has 1 aliphatic heterocycles. The van der Waals surface area contributed by atoms with Crippen LogP contribution in [0.25, 0.3) is 0 Å². The third-order valence-corrected chi connectivity index (χ3v) is 4.09. The van der Waals surface area contributed by atoms with Crippen LogP contribution >= 0.6 is 0 Å². The number of urea groups is 1. The van der Waals surface area contributed by atoms with Crippen LogP contribution < -0.4 is 15.5 Å². The second-order valence-corrected chi connectivity index (χ2v) is 6.17. The van der Waals surface area contributed by atoms with Gasteiger partial charge in [0, 0.05) is 44.3 Å². The summed E-state index contributed by atoms with van der Waals surface area (Å²) in [5, 5.41) is 9.96. The van der Waals surface area contributed by atoms with Gasteiger partial charge in [-0.25, -0.2) is 9.78 Å². The van der Waals surface area contributed by atoms with Gasteiger partial charge in [-0.1, -0.05) is 0 Å². The molecule has 0 aliphatic carbocycles. The van der Waals surface area contributed by atoms with Crippen LogP contribution in [-0.4, -0.2) is 39.9 Å². The van der Waals surface area contributed by atoms with Crippen LogP contribution in [-0.2, 0) is 13.1 Å². The number of carbonyl (C=O) groups is 1. The molecule has 2 N–H and O–H groups in total. The number of anilines is 1. The Balaban J connectivity index is 1.46. The van der Waals surface area contributed by atoms with E-state index < -0.39 is 0 Å². The van der Waals surface area contributed by atoms with Crippen LogP contribution in [0, 0.1) is 0 Å². The SMILES string of the molecule is CC(Cn1cccn1)NC(=O)NCc1ccnc(N2CCCC2)c1. The standard InChI is InChI=1S/C17H24N6O/c1-14(13-23-10-4-6-20-23)21-17(24)19-12-15-5-7-18-16(11-15)22-8-2-3-9-22/h4-7,10-11,14H,2-3,8-9,12-13H2,1H3,(H2,19,21,24). The van der Waals surface area contributed by atoms with Gasteiger partial charge >= 0.3 is 6.03 Å². The number of carbonyl (C=O) groups excluding carboxylic acids is 1. The fourth-order valence-corrected chi connectivity index (χ4v) is 2.88. The van der Waals surface area contributed by atoms with E-state index in [2.05, 4.69) is 31.7 Å². The lowest BCUT2D eigenvalue weighted by molar-refractivity contribution is 0.235. The molecule has 7 heteroatoms. The van der Waals surface area contributed by atoms with E-state index in [0.29, 0.717) is 13.1 Å². The first-order valence-electron chi connectivity index (χ1n) is 8.42. The summed E-state index contributed by atoms with van der Waals surface area (Å²) in [7, 11) is 0. The van der Waals surface area contributed by atoms with Gasteiger partial charge in [0.15, 0.2) is 0 Å². The molecule has 1 atom stereocenters. The molecule has 2 aromatic rings. The predicted octanol–water partition coefficient (Wildman–Crippen LogP) is 1.77. The number of rotatable bonds is 6. The van der Waals surface area contributed by atoms with Gasteiger partial charge in [0.25, 0.3) is 0 Å². The van der Waals surface area contributed by atoms with Gasteiger partial charge in [0.1, 0.15) is 5.82 Å². The van der Waals surface area contributed by atoms with Crippen molar-refractivity contribution in [3.63, 3.8) is 0 Å². The van der Waals surface area contributed by atoms with Crippen molar-refractivity contribution < 1.29 is 4.79 Å². The Morgan fingerprint density at radius 3 is 2.92 bits per heavy atom. The van der Waals surface area contributed by atoms with Crippen LogP contribution in [0.1, 0.15) is 25.3 Å². The summed E-state index contributed by atoms with van der Waals surface area (Å²) < 4.78 is 1.80. The lowest BCUT2D eigenvalue weighted by Crippen LogP contribution is -2.42. The van der Waals surface area contributed by atoms with E-state index in [1.807, 2.05) is 31.5 Å². The van der Waals surface area contributed by atoms with E-state index in [1.165, 1.54) is 12.8 Å². The second kappa shape index (κ2) is 7.81. The Labute approximate surface area is 142 Å². The van der Waals surface area contributed by atoms with Gasteiger partial charge in [-0.3, -0.25) is 4.68 Å². The minimum Gasteiger partial charge on any atom is -0.357 e. The average molecular weight is 328 g/mol. The summed E-state index contributed by atoms with van der Waals surface area (Å²) in [4.78, 5) is 18.7. The molecule has 0 spiro atoms. The molecular formula is C17H24N6O. The number of pyridine rings is 1. The first-order valence-corrected chi connectivity index (χ1v) is 8.42. The number of aromatic nitrogens is 3. The molecule has 3 rings (SSSR count). The summed E-state index contributed by atoms with van der Waals surface area (Å²) in [6, 6.07) is 5.69. The molecule has 0 aromatic carbocycles. The quantitative estimate of drug-likeness (QED) is 0.847. The zero-order valence-corrected chi connectivity index (χ0v) is 14.0. The molecule has 24 heavy (non-hydrogen) atoms. The number of nitrogens with one attached hydrogen (secondary N) is 2. The monoisotopic (exact) mass is 328 g/mol. The van der Waals surface area contributed by atoms with Gasteiger partial charge in [-0.2, -0.15) is 5.10 Å². The van der Waals surface area contributed by atoms with Crippen molar-refractivity contribution in [1.82, 2.24) is 25.4 Å². The normalized spacial score (nSPS) is 15.3. The van der Waals surface area contributed by atoms with Crippen LogP contribution in [0.5, 0.6) is 0 Å². The maximum absolute atomic E-state index is 12.0. The van der Waals surface area contributed by atoms with E-state index in [0.717, 1.165) is 24.5 Å². The molecule has 0 bridgehead atoms. The fourth-order valence-electron chi connectivity index (χ4n) is 2.88. The average Bonchev–Trinajstić information content (AvgIpc) is 3.26. The van der Waals surface area contributed by atoms with Gasteiger partial charge in [-0.05, 0) is 43.5 Å². The summed E-state index contributed by atoms with van der Waals surface area (Å²) >= 11 is 0. The summed E-state index contributed by atoms with van der Waals surface area (Å²) in [6.45, 7) is 5.22. The molecule has 7 nitrogen and oxygen atoms in total. The first-order chi connectivity index (χ1) is 11.7. The second-order valence-electron chi connectivity index (χ2n) is 6.17. The Bertz CT molecular complexity index is 651. The first kappa shape index (κ1) is 16.3. The maximum Gasteiger partial charge on any atom is 0.315 e. The molecule has 1 saturated heterocycles. The van der Waals surface area contributed by atoms with Gasteiger partial charge in [-0.15, -0.1) is 0 Å². The highest BCUT2D eigenvalue weighted by molar-refractivity contribution is 5.74. The highest BCUT2D eigenvalue weighted by Gasteiger charge is 2.14. The Morgan fingerprint density at radius 2 is 2.17 bits per heavy atom. The van der Waals surface area contributed by atoms with Crippen molar-refractivity contribution >= 4 is 11.8 Å². The van der Waals surface area contributed by atoms with Gasteiger partial charge < -0.3 is 15.5 Å². The van der Waals surface area contributed by atoms with Crippen LogP contribution in [0.15, 0.2) is 36.8 Å². The van der Waals surface area contributed by atoms with Gasteiger partial charge in [0.05, 0.1) is 6.54 Å².